The summed E-state index contributed by atoms with van der Waals surface area (Å²) in [5.41, 5.74) is 5.63. The third kappa shape index (κ3) is 6.79. The van der Waals surface area contributed by atoms with Gasteiger partial charge in [-0.1, -0.05) is 95.6 Å². The van der Waals surface area contributed by atoms with Crippen LogP contribution in [0.2, 0.25) is 0 Å². The van der Waals surface area contributed by atoms with E-state index < -0.39 is 6.10 Å². The van der Waals surface area contributed by atoms with E-state index >= 15 is 0 Å². The monoisotopic (exact) mass is 374 g/mol. The van der Waals surface area contributed by atoms with Crippen molar-refractivity contribution in [2.75, 3.05) is 0 Å². The lowest BCUT2D eigenvalue weighted by atomic mass is 9.99. The Bertz CT molecular complexity index is 817. The maximum atomic E-state index is 12.6. The predicted molar refractivity (Wildman–Crippen MR) is 117 cm³/mol. The summed E-state index contributed by atoms with van der Waals surface area (Å²) in [6.45, 7) is 10.3. The van der Waals surface area contributed by atoms with Gasteiger partial charge < -0.3 is 4.74 Å². The summed E-state index contributed by atoms with van der Waals surface area (Å²) in [7, 11) is 0. The average molecular weight is 375 g/mol. The lowest BCUT2D eigenvalue weighted by Crippen LogP contribution is -2.19. The van der Waals surface area contributed by atoms with Crippen molar-refractivity contribution >= 4 is 5.78 Å². The molecule has 28 heavy (non-hydrogen) atoms. The third-order valence-electron chi connectivity index (χ3n) is 4.17. The highest BCUT2D eigenvalue weighted by Gasteiger charge is 2.23. The highest BCUT2D eigenvalue weighted by molar-refractivity contribution is 6.00. The molecule has 0 fully saturated rings. The maximum absolute atomic E-state index is 12.6. The van der Waals surface area contributed by atoms with Crippen molar-refractivity contribution in [1.82, 2.24) is 0 Å². The summed E-state index contributed by atoms with van der Waals surface area (Å²) in [4.78, 5) is 12.6. The van der Waals surface area contributed by atoms with Gasteiger partial charge in [-0.3, -0.25) is 4.79 Å². The van der Waals surface area contributed by atoms with Crippen molar-refractivity contribution in [2.24, 2.45) is 0 Å². The molecule has 3 rings (SSSR count). The number of carbonyl (C=O) groups is 1. The molecule has 0 aliphatic heterocycles. The molecule has 0 aliphatic rings. The van der Waals surface area contributed by atoms with E-state index in [0.29, 0.717) is 5.56 Å². The quantitative estimate of drug-likeness (QED) is 0.467. The van der Waals surface area contributed by atoms with Crippen LogP contribution in [0.4, 0.5) is 0 Å². The fourth-order valence-corrected chi connectivity index (χ4v) is 3.15. The Morgan fingerprint density at radius 1 is 0.714 bits per heavy atom. The van der Waals surface area contributed by atoms with Crippen LogP contribution in [0.25, 0.3) is 0 Å². The van der Waals surface area contributed by atoms with Crippen molar-refractivity contribution in [1.29, 1.82) is 0 Å². The second kappa shape index (κ2) is 10.6. The van der Waals surface area contributed by atoms with Crippen LogP contribution in [-0.4, -0.2) is 11.9 Å². The minimum absolute atomic E-state index is 0.000463. The number of benzene rings is 3. The van der Waals surface area contributed by atoms with Gasteiger partial charge >= 0.3 is 0 Å². The Balaban J connectivity index is 0.000000261. The van der Waals surface area contributed by atoms with Gasteiger partial charge in [-0.2, -0.15) is 0 Å². The average Bonchev–Trinajstić information content (AvgIpc) is 2.66. The van der Waals surface area contributed by atoms with Crippen LogP contribution < -0.4 is 0 Å². The van der Waals surface area contributed by atoms with E-state index in [4.69, 9.17) is 4.74 Å². The minimum atomic E-state index is -0.538. The maximum Gasteiger partial charge on any atom is 0.196 e. The van der Waals surface area contributed by atoms with Crippen LogP contribution in [0.15, 0.2) is 78.9 Å². The zero-order chi connectivity index (χ0) is 20.5. The van der Waals surface area contributed by atoms with Gasteiger partial charge in [0.1, 0.15) is 6.10 Å². The molecule has 3 aromatic carbocycles. The fraction of sp³-hybridized carbons (Fsp3) is 0.269. The molecule has 0 amide bonds. The number of aryl methyl sites for hydroxylation is 3. The lowest BCUT2D eigenvalue weighted by molar-refractivity contribution is 0.0114. The van der Waals surface area contributed by atoms with Crippen LogP contribution in [0.1, 0.15) is 52.6 Å². The van der Waals surface area contributed by atoms with Gasteiger partial charge in [-0.15, -0.1) is 0 Å². The van der Waals surface area contributed by atoms with E-state index in [0.717, 1.165) is 5.56 Å². The molecule has 1 unspecified atom stereocenters. The van der Waals surface area contributed by atoms with E-state index in [1.165, 1.54) is 16.7 Å². The van der Waals surface area contributed by atoms with Crippen LogP contribution in [0.3, 0.4) is 0 Å². The zero-order valence-corrected chi connectivity index (χ0v) is 17.5. The van der Waals surface area contributed by atoms with E-state index in [1.807, 2.05) is 74.5 Å². The summed E-state index contributed by atoms with van der Waals surface area (Å²) in [6.07, 6.45) is -0.540. The molecule has 0 aliphatic carbocycles. The molecule has 0 aromatic heterocycles. The third-order valence-corrected chi connectivity index (χ3v) is 4.17. The second-order valence-corrected chi connectivity index (χ2v) is 7.37. The molecular weight excluding hydrogens is 344 g/mol. The molecule has 0 radical (unpaired) electrons. The molecular formula is C26H30O2. The Hall–Kier alpha value is -2.71. The van der Waals surface area contributed by atoms with Gasteiger partial charge in [0.05, 0.1) is 6.10 Å². The Morgan fingerprint density at radius 2 is 1.14 bits per heavy atom. The molecule has 0 heterocycles. The van der Waals surface area contributed by atoms with Crippen LogP contribution >= 0.6 is 0 Å². The summed E-state index contributed by atoms with van der Waals surface area (Å²) in [6, 6.07) is 25.5. The summed E-state index contributed by atoms with van der Waals surface area (Å²) >= 11 is 0. The molecule has 0 N–H and O–H groups in total. The van der Waals surface area contributed by atoms with Crippen molar-refractivity contribution < 1.29 is 9.53 Å². The highest BCUT2D eigenvalue weighted by atomic mass is 16.5. The van der Waals surface area contributed by atoms with Crippen LogP contribution in [-0.2, 0) is 4.74 Å². The van der Waals surface area contributed by atoms with Gasteiger partial charge in [0.2, 0.25) is 0 Å². The first-order valence-electron chi connectivity index (χ1n) is 9.71. The van der Waals surface area contributed by atoms with Crippen molar-refractivity contribution in [3.63, 3.8) is 0 Å². The SMILES string of the molecule is CC(C)OC(C(=O)c1ccccc1)c1ccccc1.Cc1cc(C)cc(C)c1. The summed E-state index contributed by atoms with van der Waals surface area (Å²) in [5, 5.41) is 0. The molecule has 0 saturated heterocycles. The van der Waals surface area contributed by atoms with E-state index in [9.17, 15) is 4.79 Å². The van der Waals surface area contributed by atoms with Gasteiger partial charge in [-0.05, 0) is 40.2 Å². The fourth-order valence-electron chi connectivity index (χ4n) is 3.15. The Kier molecular flexibility index (Phi) is 8.16. The minimum Gasteiger partial charge on any atom is -0.363 e. The Morgan fingerprint density at radius 3 is 1.57 bits per heavy atom. The molecule has 0 saturated carbocycles. The Labute approximate surface area is 169 Å². The van der Waals surface area contributed by atoms with Gasteiger partial charge in [-0.25, -0.2) is 0 Å². The lowest BCUT2D eigenvalue weighted by Gasteiger charge is -2.19. The smallest absolute Gasteiger partial charge is 0.196 e. The van der Waals surface area contributed by atoms with E-state index in [2.05, 4.69) is 39.0 Å². The first-order valence-corrected chi connectivity index (χ1v) is 9.71. The van der Waals surface area contributed by atoms with Crippen LogP contribution in [0.5, 0.6) is 0 Å². The summed E-state index contributed by atoms with van der Waals surface area (Å²) < 4.78 is 5.80. The molecule has 1 atom stereocenters. The zero-order valence-electron chi connectivity index (χ0n) is 17.5. The first-order chi connectivity index (χ1) is 13.4. The normalized spacial score (nSPS) is 11.5. The molecule has 0 bridgehead atoms. The molecule has 2 heteroatoms. The number of carbonyl (C=O) groups excluding carboxylic acids is 1. The number of hydrogen-bond donors (Lipinski definition) is 0. The van der Waals surface area contributed by atoms with Crippen LogP contribution in [0, 0.1) is 20.8 Å². The molecule has 2 nitrogen and oxygen atoms in total. The first kappa shape index (κ1) is 21.6. The molecule has 146 valence electrons. The largest absolute Gasteiger partial charge is 0.363 e. The number of hydrogen-bond acceptors (Lipinski definition) is 2. The number of Topliss-reactive ketones (excluding diaryl/α,β-unsaturated/α-hetero) is 1. The van der Waals surface area contributed by atoms with Gasteiger partial charge in [0.15, 0.2) is 5.78 Å². The second-order valence-electron chi connectivity index (χ2n) is 7.37. The van der Waals surface area contributed by atoms with Crippen molar-refractivity contribution in [2.45, 2.75) is 46.8 Å². The van der Waals surface area contributed by atoms with E-state index in [-0.39, 0.29) is 11.9 Å². The number of rotatable bonds is 5. The standard InChI is InChI=1S/C17H18O2.C9H12/c1-13(2)19-17(15-11-7-4-8-12-15)16(18)14-9-5-3-6-10-14;1-7-4-8(2)6-9(3)5-7/h3-13,17H,1-2H3;4-6H,1-3H3. The van der Waals surface area contributed by atoms with E-state index in [1.54, 1.807) is 0 Å². The van der Waals surface area contributed by atoms with Crippen molar-refractivity contribution in [3.05, 3.63) is 107 Å². The highest BCUT2D eigenvalue weighted by Crippen LogP contribution is 2.23. The van der Waals surface area contributed by atoms with Gasteiger partial charge in [0.25, 0.3) is 0 Å². The van der Waals surface area contributed by atoms with Crippen molar-refractivity contribution in [3.8, 4) is 0 Å². The molecule has 0 spiro atoms. The number of ether oxygens (including phenoxy) is 1. The predicted octanol–water partition coefficient (Wildman–Crippen LogP) is 6.65. The molecule has 3 aromatic rings. The topological polar surface area (TPSA) is 26.3 Å². The number of ketones is 1. The summed E-state index contributed by atoms with van der Waals surface area (Å²) in [5.74, 6) is 0.000463. The van der Waals surface area contributed by atoms with Gasteiger partial charge in [0, 0.05) is 5.56 Å².